The minimum atomic E-state index is -3.74. The molecule has 0 aliphatic heterocycles. The van der Waals surface area contributed by atoms with Gasteiger partial charge < -0.3 is 0 Å². The van der Waals surface area contributed by atoms with Crippen LogP contribution in [0.3, 0.4) is 0 Å². The van der Waals surface area contributed by atoms with Gasteiger partial charge in [0.15, 0.2) is 0 Å². The summed E-state index contributed by atoms with van der Waals surface area (Å²) in [6.45, 7) is 1.87. The molecule has 6 heteroatoms. The quantitative estimate of drug-likeness (QED) is 0.790. The number of aromatic nitrogens is 1. The maximum Gasteiger partial charge on any atom is 0.261 e. The fourth-order valence-corrected chi connectivity index (χ4v) is 3.07. The molecule has 0 amide bonds. The molecule has 0 spiro atoms. The number of hydrogen-bond acceptors (Lipinski definition) is 4. The van der Waals surface area contributed by atoms with Crippen LogP contribution in [-0.2, 0) is 9.05 Å². The molecule has 0 saturated heterocycles. The molecule has 0 atom stereocenters. The molecule has 84 valence electrons. The molecule has 0 saturated carbocycles. The van der Waals surface area contributed by atoms with Gasteiger partial charge in [-0.25, -0.2) is 13.4 Å². The first-order chi connectivity index (χ1) is 7.48. The maximum atomic E-state index is 11.4. The zero-order valence-corrected chi connectivity index (χ0v) is 10.7. The fourth-order valence-electron chi connectivity index (χ4n) is 1.38. The van der Waals surface area contributed by atoms with Crippen molar-refractivity contribution in [2.45, 2.75) is 11.8 Å². The van der Waals surface area contributed by atoms with E-state index in [1.165, 1.54) is 17.4 Å². The van der Waals surface area contributed by atoms with Crippen LogP contribution in [0, 0.1) is 6.92 Å². The number of hydrogen-bond donors (Lipinski definition) is 0. The largest absolute Gasteiger partial charge is 0.261 e. The second-order valence-corrected chi connectivity index (χ2v) is 6.78. The second-order valence-electron chi connectivity index (χ2n) is 3.19. The predicted molar refractivity (Wildman–Crippen MR) is 65.3 cm³/mol. The Bertz CT molecular complexity index is 619. The summed E-state index contributed by atoms with van der Waals surface area (Å²) in [7, 11) is 1.63. The van der Waals surface area contributed by atoms with E-state index in [4.69, 9.17) is 10.7 Å². The van der Waals surface area contributed by atoms with Gasteiger partial charge in [-0.1, -0.05) is 18.2 Å². The molecule has 2 rings (SSSR count). The van der Waals surface area contributed by atoms with Gasteiger partial charge in [0.1, 0.15) is 0 Å². The molecule has 1 aromatic carbocycles. The summed E-state index contributed by atoms with van der Waals surface area (Å²) < 4.78 is 22.7. The Balaban J connectivity index is 2.66. The Labute approximate surface area is 102 Å². The van der Waals surface area contributed by atoms with Crippen LogP contribution in [0.2, 0.25) is 0 Å². The van der Waals surface area contributed by atoms with Crippen molar-refractivity contribution < 1.29 is 8.42 Å². The average Bonchev–Trinajstić information content (AvgIpc) is 2.64. The van der Waals surface area contributed by atoms with E-state index in [1.807, 2.05) is 12.3 Å². The van der Waals surface area contributed by atoms with Gasteiger partial charge in [-0.05, 0) is 13.0 Å². The minimum absolute atomic E-state index is 0.0990. The molecule has 0 bridgehead atoms. The van der Waals surface area contributed by atoms with E-state index in [2.05, 4.69) is 4.98 Å². The van der Waals surface area contributed by atoms with Crippen molar-refractivity contribution in [1.82, 2.24) is 4.98 Å². The van der Waals surface area contributed by atoms with E-state index in [0.717, 1.165) is 5.01 Å². The van der Waals surface area contributed by atoms with Crippen LogP contribution in [0.4, 0.5) is 0 Å². The summed E-state index contributed by atoms with van der Waals surface area (Å²) in [6.07, 6.45) is 0. The lowest BCUT2D eigenvalue weighted by atomic mass is 10.2. The zero-order valence-electron chi connectivity index (χ0n) is 8.34. The van der Waals surface area contributed by atoms with Crippen molar-refractivity contribution >= 4 is 31.1 Å². The third-order valence-corrected chi connectivity index (χ3v) is 4.20. The van der Waals surface area contributed by atoms with Crippen LogP contribution in [0.25, 0.3) is 11.3 Å². The summed E-state index contributed by atoms with van der Waals surface area (Å²) in [4.78, 5) is 4.35. The van der Waals surface area contributed by atoms with E-state index in [1.54, 1.807) is 18.2 Å². The first kappa shape index (κ1) is 11.6. The number of benzene rings is 1. The molecule has 1 aromatic heterocycles. The predicted octanol–water partition coefficient (Wildman–Crippen LogP) is 3.05. The Hall–Kier alpha value is -0.910. The van der Waals surface area contributed by atoms with Gasteiger partial charge >= 0.3 is 0 Å². The van der Waals surface area contributed by atoms with Gasteiger partial charge in [0.05, 0.1) is 15.6 Å². The molecule has 0 N–H and O–H groups in total. The highest BCUT2D eigenvalue weighted by molar-refractivity contribution is 8.13. The van der Waals surface area contributed by atoms with Crippen LogP contribution < -0.4 is 0 Å². The lowest BCUT2D eigenvalue weighted by Gasteiger charge is -2.02. The number of nitrogens with zero attached hydrogens (tertiary/aromatic N) is 1. The smallest absolute Gasteiger partial charge is 0.242 e. The summed E-state index contributed by atoms with van der Waals surface area (Å²) in [5.74, 6) is 0. The number of halogens is 1. The number of thiazole rings is 1. The Kier molecular flexibility index (Phi) is 3.01. The molecule has 0 fully saturated rings. The lowest BCUT2D eigenvalue weighted by molar-refractivity contribution is 0.610. The van der Waals surface area contributed by atoms with E-state index in [-0.39, 0.29) is 4.90 Å². The van der Waals surface area contributed by atoms with Gasteiger partial charge in [-0.15, -0.1) is 11.3 Å². The molecule has 0 unspecified atom stereocenters. The fraction of sp³-hybridized carbons (Fsp3) is 0.100. The lowest BCUT2D eigenvalue weighted by Crippen LogP contribution is -1.94. The van der Waals surface area contributed by atoms with Crippen LogP contribution in [0.15, 0.2) is 34.5 Å². The normalized spacial score (nSPS) is 11.6. The molecular weight excluding hydrogens is 266 g/mol. The number of aryl methyl sites for hydroxylation is 1. The minimum Gasteiger partial charge on any atom is -0.242 e. The Morgan fingerprint density at radius 3 is 2.56 bits per heavy atom. The van der Waals surface area contributed by atoms with E-state index in [0.29, 0.717) is 11.3 Å². The molecule has 1 heterocycles. The van der Waals surface area contributed by atoms with E-state index in [9.17, 15) is 8.42 Å². The van der Waals surface area contributed by atoms with Crippen molar-refractivity contribution in [3.63, 3.8) is 0 Å². The van der Waals surface area contributed by atoms with Crippen LogP contribution in [-0.4, -0.2) is 13.4 Å². The molecule has 3 nitrogen and oxygen atoms in total. The van der Waals surface area contributed by atoms with E-state index < -0.39 is 9.05 Å². The molecule has 2 aromatic rings. The van der Waals surface area contributed by atoms with E-state index >= 15 is 0 Å². The zero-order chi connectivity index (χ0) is 11.8. The molecular formula is C10H8ClNO2S2. The van der Waals surface area contributed by atoms with Gasteiger partial charge in [0.25, 0.3) is 9.05 Å². The molecule has 0 aliphatic rings. The highest BCUT2D eigenvalue weighted by atomic mass is 35.7. The highest BCUT2D eigenvalue weighted by Gasteiger charge is 2.17. The molecule has 16 heavy (non-hydrogen) atoms. The molecule has 0 aliphatic carbocycles. The second kappa shape index (κ2) is 4.16. The van der Waals surface area contributed by atoms with Gasteiger partial charge in [0, 0.05) is 21.6 Å². The van der Waals surface area contributed by atoms with Gasteiger partial charge in [-0.3, -0.25) is 0 Å². The maximum absolute atomic E-state index is 11.4. The summed E-state index contributed by atoms with van der Waals surface area (Å²) >= 11 is 1.47. The Morgan fingerprint density at radius 1 is 1.31 bits per heavy atom. The number of rotatable bonds is 2. The summed E-state index contributed by atoms with van der Waals surface area (Å²) in [5, 5.41) is 2.70. The average molecular weight is 274 g/mol. The van der Waals surface area contributed by atoms with Crippen LogP contribution in [0.1, 0.15) is 5.01 Å². The summed E-state index contributed by atoms with van der Waals surface area (Å²) in [6, 6.07) is 6.57. The third-order valence-electron chi connectivity index (χ3n) is 2.04. The first-order valence-corrected chi connectivity index (χ1v) is 7.63. The van der Waals surface area contributed by atoms with Gasteiger partial charge in [-0.2, -0.15) is 0 Å². The summed E-state index contributed by atoms with van der Waals surface area (Å²) in [5.41, 5.74) is 1.18. The monoisotopic (exact) mass is 273 g/mol. The van der Waals surface area contributed by atoms with Crippen molar-refractivity contribution in [3.8, 4) is 11.3 Å². The third kappa shape index (κ3) is 2.26. The highest BCUT2D eigenvalue weighted by Crippen LogP contribution is 2.29. The topological polar surface area (TPSA) is 47.0 Å². The Morgan fingerprint density at radius 2 is 2.00 bits per heavy atom. The standard InChI is InChI=1S/C10H8ClNO2S2/c1-7-12-9(6-15-7)8-4-2-3-5-10(8)16(11,13)14/h2-6H,1H3. The SMILES string of the molecule is Cc1nc(-c2ccccc2S(=O)(=O)Cl)cs1. The van der Waals surface area contributed by atoms with Gasteiger partial charge in [0.2, 0.25) is 0 Å². The van der Waals surface area contributed by atoms with Crippen molar-refractivity contribution in [2.75, 3.05) is 0 Å². The first-order valence-electron chi connectivity index (χ1n) is 4.44. The van der Waals surface area contributed by atoms with Crippen molar-refractivity contribution in [2.24, 2.45) is 0 Å². The van der Waals surface area contributed by atoms with Crippen LogP contribution in [0.5, 0.6) is 0 Å². The molecule has 0 radical (unpaired) electrons. The van der Waals surface area contributed by atoms with Crippen LogP contribution >= 0.6 is 22.0 Å². The van der Waals surface area contributed by atoms with Crippen molar-refractivity contribution in [3.05, 3.63) is 34.7 Å². The van der Waals surface area contributed by atoms with Crippen molar-refractivity contribution in [1.29, 1.82) is 0 Å².